The van der Waals surface area contributed by atoms with E-state index in [4.69, 9.17) is 0 Å². The molecular weight excluding hydrogens is 194 g/mol. The normalized spacial score (nSPS) is 13.2. The van der Waals surface area contributed by atoms with Gasteiger partial charge in [0.25, 0.3) is 12.6 Å². The first kappa shape index (κ1) is 11.0. The molecule has 0 aliphatic carbocycles. The van der Waals surface area contributed by atoms with E-state index in [1.54, 1.807) is 0 Å². The van der Waals surface area contributed by atoms with Crippen LogP contribution in [-0.2, 0) is 9.53 Å². The van der Waals surface area contributed by atoms with E-state index < -0.39 is 24.9 Å². The minimum absolute atomic E-state index is 0.897. The van der Waals surface area contributed by atoms with E-state index in [-0.39, 0.29) is 0 Å². The summed E-state index contributed by atoms with van der Waals surface area (Å²) < 4.78 is 71.2. The zero-order valence-corrected chi connectivity index (χ0v) is 5.24. The van der Waals surface area contributed by atoms with Crippen LogP contribution < -0.4 is 0 Å². The van der Waals surface area contributed by atoms with Crippen LogP contribution in [0.5, 0.6) is 0 Å². The smallest absolute Gasteiger partial charge is 0.434 e. The summed E-state index contributed by atoms with van der Waals surface area (Å²) in [6.07, 6.45) is -15.3. The Balaban J connectivity index is 4.56. The third-order valence-corrected chi connectivity index (χ3v) is 0.786. The van der Waals surface area contributed by atoms with Gasteiger partial charge in [0.2, 0.25) is 0 Å². The summed E-state index contributed by atoms with van der Waals surface area (Å²) in [5.41, 5.74) is 0. The van der Waals surface area contributed by atoms with E-state index in [9.17, 15) is 31.1 Å². The largest absolute Gasteiger partial charge is 0.445 e. The van der Waals surface area contributed by atoms with Crippen molar-refractivity contribution in [2.75, 3.05) is 0 Å². The highest BCUT2D eigenvalue weighted by molar-refractivity contribution is 5.37. The molecule has 12 heavy (non-hydrogen) atoms. The fourth-order valence-corrected chi connectivity index (χ4v) is 0.395. The Bertz CT molecular complexity index is 144. The standard InChI is InChI=1S/C4H2F6O2/c5-3(6,7)2(12-1-11)4(8,9)10/h1-2H. The Kier molecular flexibility index (Phi) is 2.94. The zero-order valence-electron chi connectivity index (χ0n) is 5.24. The molecule has 0 radical (unpaired) electrons. The Morgan fingerprint density at radius 1 is 1.00 bits per heavy atom. The maximum Gasteiger partial charge on any atom is 0.434 e. The summed E-state index contributed by atoms with van der Waals surface area (Å²) in [4.78, 5) is 9.29. The molecule has 0 aliphatic rings. The van der Waals surface area contributed by atoms with Crippen molar-refractivity contribution in [2.45, 2.75) is 18.5 Å². The minimum atomic E-state index is -5.63. The summed E-state index contributed by atoms with van der Waals surface area (Å²) >= 11 is 0. The Morgan fingerprint density at radius 3 is 1.42 bits per heavy atom. The molecule has 0 aliphatic heterocycles. The third-order valence-electron chi connectivity index (χ3n) is 0.786. The molecule has 0 heterocycles. The topological polar surface area (TPSA) is 26.3 Å². The van der Waals surface area contributed by atoms with Gasteiger partial charge in [-0.05, 0) is 0 Å². The first-order chi connectivity index (χ1) is 5.19. The lowest BCUT2D eigenvalue weighted by Gasteiger charge is -2.20. The predicted octanol–water partition coefficient (Wildman–Crippen LogP) is 1.65. The third kappa shape index (κ3) is 2.97. The van der Waals surface area contributed by atoms with Crippen LogP contribution >= 0.6 is 0 Å². The molecule has 0 aromatic rings. The van der Waals surface area contributed by atoms with Gasteiger partial charge in [-0.2, -0.15) is 26.3 Å². The average molecular weight is 196 g/mol. The molecule has 0 aromatic heterocycles. The molecular formula is C4H2F6O2. The Hall–Kier alpha value is -0.950. The number of hydrogen-bond acceptors (Lipinski definition) is 2. The number of halogens is 6. The summed E-state index contributed by atoms with van der Waals surface area (Å²) in [5, 5.41) is 0. The summed E-state index contributed by atoms with van der Waals surface area (Å²) in [6.45, 7) is -0.897. The number of carbonyl (C=O) groups is 1. The molecule has 0 unspecified atom stereocenters. The van der Waals surface area contributed by atoms with Crippen LogP contribution in [0.3, 0.4) is 0 Å². The van der Waals surface area contributed by atoms with E-state index in [0.29, 0.717) is 0 Å². The summed E-state index contributed by atoms with van der Waals surface area (Å²) in [7, 11) is 0. The molecule has 0 amide bonds. The van der Waals surface area contributed by atoms with E-state index >= 15 is 0 Å². The maximum atomic E-state index is 11.4. The highest BCUT2D eigenvalue weighted by atomic mass is 19.4. The van der Waals surface area contributed by atoms with Gasteiger partial charge in [0.15, 0.2) is 0 Å². The van der Waals surface area contributed by atoms with Crippen LogP contribution in [0.2, 0.25) is 0 Å². The molecule has 0 spiro atoms. The SMILES string of the molecule is O=COC(C(F)(F)F)C(F)(F)F. The van der Waals surface area contributed by atoms with Gasteiger partial charge in [-0.25, -0.2) is 0 Å². The van der Waals surface area contributed by atoms with Gasteiger partial charge in [-0.3, -0.25) is 4.79 Å². The fourth-order valence-electron chi connectivity index (χ4n) is 0.395. The second kappa shape index (κ2) is 3.20. The van der Waals surface area contributed by atoms with Crippen molar-refractivity contribution in [2.24, 2.45) is 0 Å². The summed E-state index contributed by atoms with van der Waals surface area (Å²) in [6, 6.07) is 0. The number of hydrogen-bond donors (Lipinski definition) is 0. The van der Waals surface area contributed by atoms with Gasteiger partial charge in [-0.1, -0.05) is 0 Å². The van der Waals surface area contributed by atoms with Gasteiger partial charge in [-0.15, -0.1) is 0 Å². The van der Waals surface area contributed by atoms with E-state index in [0.717, 1.165) is 0 Å². The van der Waals surface area contributed by atoms with Gasteiger partial charge in [0, 0.05) is 0 Å². The van der Waals surface area contributed by atoms with Gasteiger partial charge >= 0.3 is 12.4 Å². The zero-order chi connectivity index (χ0) is 9.99. The first-order valence-corrected chi connectivity index (χ1v) is 2.42. The quantitative estimate of drug-likeness (QED) is 0.495. The molecule has 0 saturated carbocycles. The van der Waals surface area contributed by atoms with Crippen molar-refractivity contribution in [3.05, 3.63) is 0 Å². The van der Waals surface area contributed by atoms with Crippen LogP contribution in [0.1, 0.15) is 0 Å². The number of alkyl halides is 6. The molecule has 0 fully saturated rings. The van der Waals surface area contributed by atoms with Gasteiger partial charge in [0.05, 0.1) is 0 Å². The lowest BCUT2D eigenvalue weighted by Crippen LogP contribution is -2.44. The van der Waals surface area contributed by atoms with E-state index in [1.807, 2.05) is 0 Å². The van der Waals surface area contributed by atoms with Gasteiger partial charge in [0.1, 0.15) is 0 Å². The first-order valence-electron chi connectivity index (χ1n) is 2.42. The monoisotopic (exact) mass is 196 g/mol. The molecule has 8 heteroatoms. The molecule has 72 valence electrons. The molecule has 2 nitrogen and oxygen atoms in total. The molecule has 0 aromatic carbocycles. The van der Waals surface area contributed by atoms with E-state index in [2.05, 4.69) is 4.74 Å². The van der Waals surface area contributed by atoms with Crippen molar-refractivity contribution in [1.29, 1.82) is 0 Å². The average Bonchev–Trinajstić information content (AvgIpc) is 1.77. The number of carbonyl (C=O) groups excluding carboxylic acids is 1. The van der Waals surface area contributed by atoms with Crippen LogP contribution in [-0.4, -0.2) is 24.9 Å². The van der Waals surface area contributed by atoms with Gasteiger partial charge < -0.3 is 4.74 Å². The molecule has 0 bridgehead atoms. The second-order valence-corrected chi connectivity index (χ2v) is 1.70. The lowest BCUT2D eigenvalue weighted by atomic mass is 10.3. The molecule has 0 saturated heterocycles. The van der Waals surface area contributed by atoms with Crippen molar-refractivity contribution in [3.8, 4) is 0 Å². The molecule has 0 atom stereocenters. The molecule has 0 rings (SSSR count). The van der Waals surface area contributed by atoms with Crippen molar-refractivity contribution < 1.29 is 35.9 Å². The predicted molar refractivity (Wildman–Crippen MR) is 23.0 cm³/mol. The van der Waals surface area contributed by atoms with Crippen LogP contribution in [0.25, 0.3) is 0 Å². The lowest BCUT2D eigenvalue weighted by molar-refractivity contribution is -0.309. The number of rotatable bonds is 2. The highest BCUT2D eigenvalue weighted by Crippen LogP contribution is 2.34. The Morgan fingerprint density at radius 2 is 1.33 bits per heavy atom. The Labute approximate surface area is 62.1 Å². The number of ether oxygens (including phenoxy) is 1. The van der Waals surface area contributed by atoms with Crippen LogP contribution in [0.15, 0.2) is 0 Å². The second-order valence-electron chi connectivity index (χ2n) is 1.70. The fraction of sp³-hybridized carbons (Fsp3) is 0.750. The molecule has 0 N–H and O–H groups in total. The van der Waals surface area contributed by atoms with Crippen molar-refractivity contribution in [3.63, 3.8) is 0 Å². The minimum Gasteiger partial charge on any atom is -0.445 e. The van der Waals surface area contributed by atoms with E-state index in [1.165, 1.54) is 0 Å². The van der Waals surface area contributed by atoms with Crippen LogP contribution in [0.4, 0.5) is 26.3 Å². The summed E-state index contributed by atoms with van der Waals surface area (Å²) in [5.74, 6) is 0. The van der Waals surface area contributed by atoms with Crippen LogP contribution in [0, 0.1) is 0 Å². The van der Waals surface area contributed by atoms with Crippen molar-refractivity contribution in [1.82, 2.24) is 0 Å². The maximum absolute atomic E-state index is 11.4. The highest BCUT2D eigenvalue weighted by Gasteiger charge is 2.59. The van der Waals surface area contributed by atoms with Crippen molar-refractivity contribution >= 4 is 6.47 Å².